The third-order valence-corrected chi connectivity index (χ3v) is 9.12. The zero-order chi connectivity index (χ0) is 31.0. The number of halogens is 3. The molecule has 2 fully saturated rings. The summed E-state index contributed by atoms with van der Waals surface area (Å²) in [7, 11) is 0. The van der Waals surface area contributed by atoms with Gasteiger partial charge in [0.25, 0.3) is 5.91 Å². The summed E-state index contributed by atoms with van der Waals surface area (Å²) in [5.41, 5.74) is 3.07. The van der Waals surface area contributed by atoms with Crippen molar-refractivity contribution in [1.82, 2.24) is 14.8 Å². The standard InChI is InChI=1S/C35H35F3N4O3/c36-35(37,38)26-9-5-23(6-10-26)21-39-33-20-29(34(43)42-16-3-4-27(42)13-17-41-14-1-2-15-41)28-18-24(7-11-30(28)40-33)25-8-12-31-32(19-25)45-22-44-31/h5-12,18-20,27H,1-4,13-17,21-22H2,(H,39,40). The molecule has 45 heavy (non-hydrogen) atoms. The highest BCUT2D eigenvalue weighted by Crippen LogP contribution is 2.37. The number of carbonyl (C=O) groups excluding carboxylic acids is 1. The maximum atomic E-state index is 14.3. The second-order valence-electron chi connectivity index (χ2n) is 12.0. The monoisotopic (exact) mass is 616 g/mol. The van der Waals surface area contributed by atoms with Gasteiger partial charge in [0.2, 0.25) is 6.79 Å². The van der Waals surface area contributed by atoms with Crippen molar-refractivity contribution in [2.75, 3.05) is 38.3 Å². The van der Waals surface area contributed by atoms with Gasteiger partial charge in [-0.05, 0) is 104 Å². The number of benzene rings is 3. The van der Waals surface area contributed by atoms with E-state index in [1.54, 1.807) is 6.07 Å². The minimum Gasteiger partial charge on any atom is -0.454 e. The molecule has 3 aliphatic heterocycles. The van der Waals surface area contributed by atoms with E-state index in [0.29, 0.717) is 40.5 Å². The number of nitrogens with one attached hydrogen (secondary N) is 1. The summed E-state index contributed by atoms with van der Waals surface area (Å²) in [6.07, 6.45) is 1.01. The minimum absolute atomic E-state index is 0.0215. The molecule has 0 radical (unpaired) electrons. The first kappa shape index (κ1) is 29.4. The van der Waals surface area contributed by atoms with Gasteiger partial charge in [0.05, 0.1) is 16.6 Å². The van der Waals surface area contributed by atoms with Gasteiger partial charge in [-0.3, -0.25) is 4.79 Å². The van der Waals surface area contributed by atoms with Gasteiger partial charge in [0.15, 0.2) is 11.5 Å². The number of alkyl halides is 3. The molecule has 0 spiro atoms. The van der Waals surface area contributed by atoms with Crippen LogP contribution in [0.5, 0.6) is 11.5 Å². The Morgan fingerprint density at radius 1 is 0.889 bits per heavy atom. The predicted molar refractivity (Wildman–Crippen MR) is 166 cm³/mol. The molecule has 1 amide bonds. The number of hydrogen-bond acceptors (Lipinski definition) is 6. The lowest BCUT2D eigenvalue weighted by Crippen LogP contribution is -2.38. The van der Waals surface area contributed by atoms with E-state index < -0.39 is 11.7 Å². The van der Waals surface area contributed by atoms with Crippen LogP contribution < -0.4 is 14.8 Å². The number of carbonyl (C=O) groups is 1. The SMILES string of the molecule is O=C(c1cc(NCc2ccc(C(F)(F)F)cc2)nc2ccc(-c3ccc4c(c3)OCO4)cc12)N1CCCC1CCN1CCCC1. The van der Waals surface area contributed by atoms with Gasteiger partial charge in [-0.2, -0.15) is 13.2 Å². The Bertz CT molecular complexity index is 1700. The van der Waals surface area contributed by atoms with Gasteiger partial charge in [-0.25, -0.2) is 4.98 Å². The third-order valence-electron chi connectivity index (χ3n) is 9.12. The molecule has 1 N–H and O–H groups in total. The van der Waals surface area contributed by atoms with Crippen LogP contribution in [0.25, 0.3) is 22.0 Å². The molecule has 4 heterocycles. The van der Waals surface area contributed by atoms with E-state index in [1.165, 1.54) is 25.0 Å². The molecule has 10 heteroatoms. The summed E-state index contributed by atoms with van der Waals surface area (Å²) >= 11 is 0. The predicted octanol–water partition coefficient (Wildman–Crippen LogP) is 7.35. The van der Waals surface area contributed by atoms with Gasteiger partial charge in [0, 0.05) is 31.1 Å². The fraction of sp³-hybridized carbons (Fsp3) is 0.371. The molecular weight excluding hydrogens is 581 g/mol. The van der Waals surface area contributed by atoms with Gasteiger partial charge in [0.1, 0.15) is 5.82 Å². The normalized spacial score (nSPS) is 18.2. The molecule has 0 bridgehead atoms. The molecular formula is C35H35F3N4O3. The molecule has 7 nitrogen and oxygen atoms in total. The largest absolute Gasteiger partial charge is 0.454 e. The second-order valence-corrected chi connectivity index (χ2v) is 12.0. The van der Waals surface area contributed by atoms with Crippen molar-refractivity contribution >= 4 is 22.6 Å². The lowest BCUT2D eigenvalue weighted by atomic mass is 9.99. The Labute approximate surface area is 259 Å². The molecule has 3 aliphatic rings. The van der Waals surface area contributed by atoms with Gasteiger partial charge >= 0.3 is 6.18 Å². The molecule has 1 aromatic heterocycles. The van der Waals surface area contributed by atoms with Crippen LogP contribution in [-0.4, -0.2) is 59.7 Å². The highest BCUT2D eigenvalue weighted by molar-refractivity contribution is 6.08. The average Bonchev–Trinajstić information content (AvgIpc) is 3.84. The topological polar surface area (TPSA) is 66.9 Å². The Morgan fingerprint density at radius 3 is 2.44 bits per heavy atom. The van der Waals surface area contributed by atoms with Crippen molar-refractivity contribution in [1.29, 1.82) is 0 Å². The number of amides is 1. The lowest BCUT2D eigenvalue weighted by Gasteiger charge is -2.27. The molecule has 7 rings (SSSR count). The van der Waals surface area contributed by atoms with Crippen molar-refractivity contribution in [3.8, 4) is 22.6 Å². The summed E-state index contributed by atoms with van der Waals surface area (Å²) in [5, 5.41) is 4.00. The third kappa shape index (κ3) is 6.29. The van der Waals surface area contributed by atoms with Gasteiger partial charge < -0.3 is 24.6 Å². The minimum atomic E-state index is -4.39. The average molecular weight is 617 g/mol. The Hall–Kier alpha value is -4.31. The molecule has 1 unspecified atom stereocenters. The Balaban J connectivity index is 1.20. The quantitative estimate of drug-likeness (QED) is 0.223. The van der Waals surface area contributed by atoms with Gasteiger partial charge in [-0.15, -0.1) is 0 Å². The van der Waals surface area contributed by atoms with Crippen LogP contribution in [0.15, 0.2) is 66.7 Å². The first-order chi connectivity index (χ1) is 21.8. The summed E-state index contributed by atoms with van der Waals surface area (Å²) in [5.74, 6) is 1.86. The van der Waals surface area contributed by atoms with E-state index in [0.717, 1.165) is 67.5 Å². The van der Waals surface area contributed by atoms with E-state index in [2.05, 4.69) is 10.2 Å². The molecule has 0 aliphatic carbocycles. The summed E-state index contributed by atoms with van der Waals surface area (Å²) in [6, 6.07) is 18.7. The molecule has 234 valence electrons. The van der Waals surface area contributed by atoms with Crippen molar-refractivity contribution in [3.63, 3.8) is 0 Å². The highest BCUT2D eigenvalue weighted by atomic mass is 19.4. The fourth-order valence-corrected chi connectivity index (χ4v) is 6.65. The zero-order valence-electron chi connectivity index (χ0n) is 24.9. The van der Waals surface area contributed by atoms with Crippen molar-refractivity contribution in [2.24, 2.45) is 0 Å². The fourth-order valence-electron chi connectivity index (χ4n) is 6.65. The van der Waals surface area contributed by atoms with Crippen LogP contribution >= 0.6 is 0 Å². The number of ether oxygens (including phenoxy) is 2. The maximum absolute atomic E-state index is 14.3. The number of hydrogen-bond donors (Lipinski definition) is 1. The van der Waals surface area contributed by atoms with Crippen LogP contribution in [0.3, 0.4) is 0 Å². The summed E-state index contributed by atoms with van der Waals surface area (Å²) in [4.78, 5) is 23.7. The number of likely N-dealkylation sites (tertiary alicyclic amines) is 2. The van der Waals surface area contributed by atoms with Crippen molar-refractivity contribution in [2.45, 2.75) is 50.9 Å². The lowest BCUT2D eigenvalue weighted by molar-refractivity contribution is -0.137. The first-order valence-corrected chi connectivity index (χ1v) is 15.6. The van der Waals surface area contributed by atoms with Crippen molar-refractivity contribution in [3.05, 3.63) is 83.4 Å². The Morgan fingerprint density at radius 2 is 1.64 bits per heavy atom. The number of anilines is 1. The van der Waals surface area contributed by atoms with E-state index >= 15 is 0 Å². The zero-order valence-corrected chi connectivity index (χ0v) is 24.9. The molecule has 4 aromatic rings. The van der Waals surface area contributed by atoms with Crippen molar-refractivity contribution < 1.29 is 27.4 Å². The Kier molecular flexibility index (Phi) is 7.99. The number of fused-ring (bicyclic) bond motifs is 2. The number of aromatic nitrogens is 1. The number of nitrogens with zero attached hydrogens (tertiary/aromatic N) is 3. The number of pyridine rings is 1. The summed E-state index contributed by atoms with van der Waals surface area (Å²) < 4.78 is 50.2. The molecule has 1 atom stereocenters. The van der Waals surface area contributed by atoms with E-state index in [1.807, 2.05) is 41.3 Å². The van der Waals surface area contributed by atoms with Crippen LogP contribution in [0.4, 0.5) is 19.0 Å². The van der Waals surface area contributed by atoms with Gasteiger partial charge in [-0.1, -0.05) is 24.3 Å². The van der Waals surface area contributed by atoms with Crippen LogP contribution in [0.1, 0.15) is 53.6 Å². The summed E-state index contributed by atoms with van der Waals surface area (Å²) in [6.45, 7) is 4.43. The van der Waals surface area contributed by atoms with E-state index in [4.69, 9.17) is 14.5 Å². The van der Waals surface area contributed by atoms with E-state index in [-0.39, 0.29) is 25.3 Å². The maximum Gasteiger partial charge on any atom is 0.416 e. The number of rotatable bonds is 8. The molecule has 0 saturated carbocycles. The first-order valence-electron chi connectivity index (χ1n) is 15.6. The van der Waals surface area contributed by atoms with Crippen LogP contribution in [0, 0.1) is 0 Å². The van der Waals surface area contributed by atoms with Crippen LogP contribution in [0.2, 0.25) is 0 Å². The van der Waals surface area contributed by atoms with Crippen LogP contribution in [-0.2, 0) is 12.7 Å². The smallest absolute Gasteiger partial charge is 0.416 e. The molecule has 3 aromatic carbocycles. The highest BCUT2D eigenvalue weighted by Gasteiger charge is 2.32. The van der Waals surface area contributed by atoms with E-state index in [9.17, 15) is 18.0 Å². The second kappa shape index (κ2) is 12.2. The molecule has 2 saturated heterocycles.